The van der Waals surface area contributed by atoms with Gasteiger partial charge in [-0.15, -0.1) is 29.9 Å². The van der Waals surface area contributed by atoms with Crippen LogP contribution in [0.2, 0.25) is 0 Å². The van der Waals surface area contributed by atoms with E-state index in [0.717, 1.165) is 52.2 Å². The highest BCUT2D eigenvalue weighted by Crippen LogP contribution is 2.18. The van der Waals surface area contributed by atoms with E-state index in [-0.39, 0.29) is 36.3 Å². The van der Waals surface area contributed by atoms with Crippen LogP contribution >= 0.6 is 24.8 Å². The maximum Gasteiger partial charge on any atom is 0.273 e. The minimum absolute atomic E-state index is 0. The van der Waals surface area contributed by atoms with Crippen molar-refractivity contribution >= 4 is 30.7 Å². The summed E-state index contributed by atoms with van der Waals surface area (Å²) in [6.45, 7) is 10.1. The number of ether oxygens (including phenoxy) is 1. The molecular weight excluding hydrogens is 379 g/mol. The number of hydrogen-bond donors (Lipinski definition) is 2. The zero-order valence-corrected chi connectivity index (χ0v) is 17.1. The van der Waals surface area contributed by atoms with Gasteiger partial charge in [-0.25, -0.2) is 4.68 Å². The third-order valence-electron chi connectivity index (χ3n) is 4.97. The molecule has 0 atom stereocenters. The Morgan fingerprint density at radius 3 is 2.62 bits per heavy atom. The summed E-state index contributed by atoms with van der Waals surface area (Å²) in [7, 11) is 0. The number of carbonyl (C=O) groups excluding carboxylic acids is 1. The number of halogens is 2. The molecule has 0 bridgehead atoms. The Morgan fingerprint density at radius 1 is 1.31 bits per heavy atom. The molecule has 3 heterocycles. The fraction of sp³-hybridized carbons (Fsp3) is 0.812. The molecule has 1 amide bonds. The van der Waals surface area contributed by atoms with Crippen molar-refractivity contribution in [1.29, 1.82) is 0 Å². The number of aromatic nitrogens is 3. The van der Waals surface area contributed by atoms with Crippen molar-refractivity contribution in [2.75, 3.05) is 45.9 Å². The smallest absolute Gasteiger partial charge is 0.273 e. The maximum absolute atomic E-state index is 12.4. The minimum Gasteiger partial charge on any atom is -0.379 e. The van der Waals surface area contributed by atoms with Gasteiger partial charge in [-0.1, -0.05) is 5.21 Å². The van der Waals surface area contributed by atoms with Gasteiger partial charge in [0.2, 0.25) is 0 Å². The highest BCUT2D eigenvalue weighted by molar-refractivity contribution is 5.91. The molecule has 0 aromatic carbocycles. The second-order valence-electron chi connectivity index (χ2n) is 7.16. The standard InChI is InChI=1S/C16H28N6O2.2ClH/c1-16(2,21-7-9-24-10-8-21)12-18-15(23)14-11-22(20-19-14)13-3-5-17-6-4-13;;/h11,13,17H,3-10,12H2,1-2H3,(H,18,23);2*1H. The lowest BCUT2D eigenvalue weighted by Crippen LogP contribution is -2.55. The van der Waals surface area contributed by atoms with E-state index in [0.29, 0.717) is 18.3 Å². The van der Waals surface area contributed by atoms with Crippen molar-refractivity contribution in [3.8, 4) is 0 Å². The van der Waals surface area contributed by atoms with Crippen LogP contribution in [-0.2, 0) is 4.74 Å². The number of rotatable bonds is 5. The molecule has 2 aliphatic rings. The lowest BCUT2D eigenvalue weighted by Gasteiger charge is -2.40. The Balaban J connectivity index is 0.00000169. The lowest BCUT2D eigenvalue weighted by molar-refractivity contribution is -0.00924. The molecule has 10 heteroatoms. The molecular formula is C16H30Cl2N6O2. The van der Waals surface area contributed by atoms with E-state index >= 15 is 0 Å². The monoisotopic (exact) mass is 408 g/mol. The van der Waals surface area contributed by atoms with Gasteiger partial charge in [0.25, 0.3) is 5.91 Å². The van der Waals surface area contributed by atoms with E-state index < -0.39 is 0 Å². The van der Waals surface area contributed by atoms with Crippen molar-refractivity contribution in [2.45, 2.75) is 38.3 Å². The van der Waals surface area contributed by atoms with Crippen molar-refractivity contribution in [2.24, 2.45) is 0 Å². The van der Waals surface area contributed by atoms with Gasteiger partial charge in [0, 0.05) is 25.2 Å². The molecule has 2 saturated heterocycles. The van der Waals surface area contributed by atoms with Crippen LogP contribution in [0.5, 0.6) is 0 Å². The summed E-state index contributed by atoms with van der Waals surface area (Å²) in [6, 6.07) is 0.338. The summed E-state index contributed by atoms with van der Waals surface area (Å²) in [5.41, 5.74) is 0.288. The summed E-state index contributed by atoms with van der Waals surface area (Å²) in [5.74, 6) is -0.156. The molecule has 2 fully saturated rings. The fourth-order valence-electron chi connectivity index (χ4n) is 3.30. The van der Waals surface area contributed by atoms with Gasteiger partial charge in [0.05, 0.1) is 25.5 Å². The van der Waals surface area contributed by atoms with Crippen LogP contribution in [0.3, 0.4) is 0 Å². The number of nitrogens with one attached hydrogen (secondary N) is 2. The van der Waals surface area contributed by atoms with E-state index in [4.69, 9.17) is 4.74 Å². The summed E-state index contributed by atoms with van der Waals surface area (Å²) < 4.78 is 7.23. The molecule has 0 spiro atoms. The largest absolute Gasteiger partial charge is 0.379 e. The molecule has 1 aromatic heterocycles. The van der Waals surface area contributed by atoms with Gasteiger partial charge in [-0.05, 0) is 39.8 Å². The Hall–Kier alpha value is -0.930. The zero-order chi connectivity index (χ0) is 17.0. The first kappa shape index (κ1) is 23.1. The molecule has 0 aliphatic carbocycles. The maximum atomic E-state index is 12.4. The van der Waals surface area contributed by atoms with Crippen LogP contribution < -0.4 is 10.6 Å². The first-order valence-corrected chi connectivity index (χ1v) is 8.80. The predicted molar refractivity (Wildman–Crippen MR) is 104 cm³/mol. The molecule has 2 aliphatic heterocycles. The van der Waals surface area contributed by atoms with Gasteiger partial charge in [0.15, 0.2) is 5.69 Å². The van der Waals surface area contributed by atoms with Crippen LogP contribution in [-0.4, -0.2) is 77.3 Å². The Labute approximate surface area is 167 Å². The first-order chi connectivity index (χ1) is 11.6. The fourth-order valence-corrected chi connectivity index (χ4v) is 3.30. The Morgan fingerprint density at radius 2 is 1.96 bits per heavy atom. The molecule has 0 saturated carbocycles. The predicted octanol–water partition coefficient (Wildman–Crippen LogP) is 0.887. The van der Waals surface area contributed by atoms with E-state index in [1.807, 2.05) is 4.68 Å². The molecule has 0 unspecified atom stereocenters. The highest BCUT2D eigenvalue weighted by Gasteiger charge is 2.29. The van der Waals surface area contributed by atoms with Gasteiger partial charge < -0.3 is 15.4 Å². The average Bonchev–Trinajstić information content (AvgIpc) is 3.11. The van der Waals surface area contributed by atoms with Crippen LogP contribution in [0.25, 0.3) is 0 Å². The summed E-state index contributed by atoms with van der Waals surface area (Å²) in [4.78, 5) is 14.7. The quantitative estimate of drug-likeness (QED) is 0.752. The zero-order valence-electron chi connectivity index (χ0n) is 15.4. The molecule has 2 N–H and O–H groups in total. The topological polar surface area (TPSA) is 84.3 Å². The summed E-state index contributed by atoms with van der Waals surface area (Å²) >= 11 is 0. The second-order valence-corrected chi connectivity index (χ2v) is 7.16. The van der Waals surface area contributed by atoms with Gasteiger partial charge in [0.1, 0.15) is 0 Å². The van der Waals surface area contributed by atoms with E-state index in [2.05, 4.69) is 39.7 Å². The number of piperidine rings is 1. The number of carbonyl (C=O) groups is 1. The molecule has 26 heavy (non-hydrogen) atoms. The number of morpholine rings is 1. The summed E-state index contributed by atoms with van der Waals surface area (Å²) in [6.07, 6.45) is 3.82. The summed E-state index contributed by atoms with van der Waals surface area (Å²) in [5, 5.41) is 14.5. The molecule has 3 rings (SSSR count). The van der Waals surface area contributed by atoms with Crippen LogP contribution in [0.4, 0.5) is 0 Å². The molecule has 150 valence electrons. The Kier molecular flexibility index (Phi) is 9.26. The van der Waals surface area contributed by atoms with Gasteiger partial charge in [-0.2, -0.15) is 0 Å². The Bertz CT molecular complexity index is 557. The first-order valence-electron chi connectivity index (χ1n) is 8.80. The van der Waals surface area contributed by atoms with Gasteiger partial charge in [-0.3, -0.25) is 9.69 Å². The van der Waals surface area contributed by atoms with E-state index in [9.17, 15) is 4.79 Å². The molecule has 8 nitrogen and oxygen atoms in total. The van der Waals surface area contributed by atoms with Crippen molar-refractivity contribution in [3.63, 3.8) is 0 Å². The number of amides is 1. The molecule has 1 aromatic rings. The van der Waals surface area contributed by atoms with Crippen LogP contribution in [0, 0.1) is 0 Å². The molecule has 0 radical (unpaired) electrons. The van der Waals surface area contributed by atoms with E-state index in [1.54, 1.807) is 6.20 Å². The third-order valence-corrected chi connectivity index (χ3v) is 4.97. The van der Waals surface area contributed by atoms with Crippen molar-refractivity contribution in [3.05, 3.63) is 11.9 Å². The van der Waals surface area contributed by atoms with E-state index in [1.165, 1.54) is 0 Å². The van der Waals surface area contributed by atoms with Crippen molar-refractivity contribution in [1.82, 2.24) is 30.5 Å². The number of nitrogens with zero attached hydrogens (tertiary/aromatic N) is 4. The van der Waals surface area contributed by atoms with Crippen molar-refractivity contribution < 1.29 is 9.53 Å². The second kappa shape index (κ2) is 10.4. The lowest BCUT2D eigenvalue weighted by atomic mass is 10.0. The van der Waals surface area contributed by atoms with Crippen LogP contribution in [0.1, 0.15) is 43.2 Å². The SMILES string of the molecule is CC(C)(CNC(=O)c1cn(C2CCNCC2)nn1)N1CCOCC1.Cl.Cl. The van der Waals surface area contributed by atoms with Gasteiger partial charge >= 0.3 is 0 Å². The normalized spacial score (nSPS) is 19.3. The minimum atomic E-state index is -0.156. The van der Waals surface area contributed by atoms with Crippen LogP contribution in [0.15, 0.2) is 6.20 Å². The third kappa shape index (κ3) is 5.79. The average molecular weight is 409 g/mol. The number of hydrogen-bond acceptors (Lipinski definition) is 6. The highest BCUT2D eigenvalue weighted by atomic mass is 35.5.